The van der Waals surface area contributed by atoms with Crippen molar-refractivity contribution in [2.45, 2.75) is 44.6 Å². The highest BCUT2D eigenvalue weighted by atomic mass is 79.9. The Balaban J connectivity index is 2.06. The van der Waals surface area contributed by atoms with Crippen LogP contribution in [-0.2, 0) is 0 Å². The number of nitrogens with zero attached hydrogens (tertiary/aromatic N) is 1. The Morgan fingerprint density at radius 1 is 1.63 bits per heavy atom. The van der Waals surface area contributed by atoms with E-state index in [0.29, 0.717) is 16.2 Å². The van der Waals surface area contributed by atoms with Crippen LogP contribution >= 0.6 is 15.9 Å². The number of amides is 1. The van der Waals surface area contributed by atoms with E-state index < -0.39 is 5.54 Å². The van der Waals surface area contributed by atoms with Crippen LogP contribution < -0.4 is 5.32 Å². The summed E-state index contributed by atoms with van der Waals surface area (Å²) in [5.74, 6) is 0.427. The summed E-state index contributed by atoms with van der Waals surface area (Å²) < 4.78 is 5.45. The van der Waals surface area contributed by atoms with Crippen LogP contribution in [0.3, 0.4) is 0 Å². The number of carbonyl (C=O) groups is 1. The summed E-state index contributed by atoms with van der Waals surface area (Å²) >= 11 is 3.18. The molecule has 0 aromatic carbocycles. The van der Waals surface area contributed by atoms with Crippen LogP contribution in [0.2, 0.25) is 0 Å². The molecule has 0 radical (unpaired) electrons. The van der Waals surface area contributed by atoms with E-state index in [9.17, 15) is 10.1 Å². The van der Waals surface area contributed by atoms with Gasteiger partial charge in [0.15, 0.2) is 4.67 Å². The van der Waals surface area contributed by atoms with E-state index in [4.69, 9.17) is 4.42 Å². The Hall–Kier alpha value is -1.28. The first-order valence-corrected chi connectivity index (χ1v) is 7.36. The predicted molar refractivity (Wildman–Crippen MR) is 74.5 cm³/mol. The largest absolute Gasteiger partial charge is 0.457 e. The molecule has 1 saturated carbocycles. The fraction of sp³-hybridized carbons (Fsp3) is 0.571. The molecule has 1 N–H and O–H groups in total. The van der Waals surface area contributed by atoms with Gasteiger partial charge in [0.05, 0.1) is 17.9 Å². The average molecular weight is 325 g/mol. The molecule has 0 bridgehead atoms. The van der Waals surface area contributed by atoms with Crippen LogP contribution in [0, 0.1) is 17.2 Å². The Labute approximate surface area is 121 Å². The van der Waals surface area contributed by atoms with E-state index in [1.807, 2.05) is 0 Å². The Bertz CT molecular complexity index is 496. The maximum absolute atomic E-state index is 12.2. The molecular weight excluding hydrogens is 308 g/mol. The van der Waals surface area contributed by atoms with Gasteiger partial charge in [0, 0.05) is 0 Å². The van der Waals surface area contributed by atoms with Crippen molar-refractivity contribution in [2.75, 3.05) is 0 Å². The zero-order valence-corrected chi connectivity index (χ0v) is 12.5. The molecule has 0 atom stereocenters. The molecule has 0 spiro atoms. The highest BCUT2D eigenvalue weighted by molar-refractivity contribution is 9.10. The van der Waals surface area contributed by atoms with Crippen molar-refractivity contribution in [1.82, 2.24) is 5.32 Å². The fourth-order valence-corrected chi connectivity index (χ4v) is 3.00. The van der Waals surface area contributed by atoms with Gasteiger partial charge in [-0.3, -0.25) is 4.79 Å². The molecule has 2 rings (SSSR count). The van der Waals surface area contributed by atoms with E-state index in [0.717, 1.165) is 32.1 Å². The smallest absolute Gasteiger partial charge is 0.257 e. The Kier molecular flexibility index (Phi) is 4.31. The van der Waals surface area contributed by atoms with Gasteiger partial charge in [-0.1, -0.05) is 13.3 Å². The molecule has 1 amide bonds. The quantitative estimate of drug-likeness (QED) is 0.923. The summed E-state index contributed by atoms with van der Waals surface area (Å²) in [5, 5.41) is 12.3. The SMILES string of the molecule is CCC1CCC(C#N)(NC(=O)c2ccoc2Br)CC1. The molecule has 0 unspecified atom stereocenters. The topological polar surface area (TPSA) is 66.0 Å². The van der Waals surface area contributed by atoms with Crippen LogP contribution in [0.15, 0.2) is 21.4 Å². The highest BCUT2D eigenvalue weighted by Gasteiger charge is 2.37. The van der Waals surface area contributed by atoms with Crippen molar-refractivity contribution in [2.24, 2.45) is 5.92 Å². The lowest BCUT2D eigenvalue weighted by molar-refractivity contribution is 0.0889. The van der Waals surface area contributed by atoms with Gasteiger partial charge in [-0.05, 0) is 53.6 Å². The second kappa shape index (κ2) is 5.79. The van der Waals surface area contributed by atoms with Crippen molar-refractivity contribution >= 4 is 21.8 Å². The number of hydrogen-bond acceptors (Lipinski definition) is 3. The minimum Gasteiger partial charge on any atom is -0.457 e. The van der Waals surface area contributed by atoms with E-state index in [-0.39, 0.29) is 5.91 Å². The van der Waals surface area contributed by atoms with E-state index in [2.05, 4.69) is 34.2 Å². The molecule has 102 valence electrons. The standard InChI is InChI=1S/C14H17BrN2O2/c1-2-10-3-6-14(9-16,7-4-10)17-13(18)11-5-8-19-12(11)15/h5,8,10H,2-4,6-7H2,1H3,(H,17,18). The van der Waals surface area contributed by atoms with E-state index in [1.165, 1.54) is 6.26 Å². The third-order valence-corrected chi connectivity index (χ3v) is 4.58. The molecule has 1 aliphatic rings. The van der Waals surface area contributed by atoms with Crippen LogP contribution in [0.4, 0.5) is 0 Å². The molecule has 1 fully saturated rings. The summed E-state index contributed by atoms with van der Waals surface area (Å²) in [6.45, 7) is 2.17. The summed E-state index contributed by atoms with van der Waals surface area (Å²) in [4.78, 5) is 12.2. The van der Waals surface area contributed by atoms with Crippen molar-refractivity contribution < 1.29 is 9.21 Å². The van der Waals surface area contributed by atoms with Crippen molar-refractivity contribution in [3.05, 3.63) is 22.6 Å². The van der Waals surface area contributed by atoms with Crippen LogP contribution in [0.1, 0.15) is 49.4 Å². The highest BCUT2D eigenvalue weighted by Crippen LogP contribution is 2.33. The van der Waals surface area contributed by atoms with Crippen LogP contribution in [0.25, 0.3) is 0 Å². The molecule has 5 heteroatoms. The van der Waals surface area contributed by atoms with Gasteiger partial charge in [-0.25, -0.2) is 0 Å². The van der Waals surface area contributed by atoms with Gasteiger partial charge in [0.2, 0.25) is 0 Å². The molecular formula is C14H17BrN2O2. The first kappa shape index (κ1) is 14.1. The number of nitriles is 1. The van der Waals surface area contributed by atoms with Gasteiger partial charge in [0.1, 0.15) is 5.54 Å². The average Bonchev–Trinajstić information content (AvgIpc) is 2.86. The maximum Gasteiger partial charge on any atom is 0.257 e. The third kappa shape index (κ3) is 3.01. The molecule has 1 aliphatic carbocycles. The lowest BCUT2D eigenvalue weighted by Crippen LogP contribution is -2.49. The number of halogens is 1. The second-order valence-electron chi connectivity index (χ2n) is 5.11. The van der Waals surface area contributed by atoms with Crippen molar-refractivity contribution in [1.29, 1.82) is 5.26 Å². The molecule has 1 aromatic rings. The minimum atomic E-state index is -0.723. The Morgan fingerprint density at radius 2 is 2.32 bits per heavy atom. The molecule has 0 saturated heterocycles. The van der Waals surface area contributed by atoms with Gasteiger partial charge >= 0.3 is 0 Å². The molecule has 1 heterocycles. The zero-order chi connectivity index (χ0) is 13.9. The van der Waals surface area contributed by atoms with Crippen LogP contribution in [-0.4, -0.2) is 11.4 Å². The zero-order valence-electron chi connectivity index (χ0n) is 10.9. The van der Waals surface area contributed by atoms with Gasteiger partial charge < -0.3 is 9.73 Å². The Morgan fingerprint density at radius 3 is 2.79 bits per heavy atom. The summed E-state index contributed by atoms with van der Waals surface area (Å²) in [6, 6.07) is 3.90. The first-order chi connectivity index (χ1) is 9.10. The number of rotatable bonds is 3. The molecule has 1 aromatic heterocycles. The van der Waals surface area contributed by atoms with Crippen LogP contribution in [0.5, 0.6) is 0 Å². The lowest BCUT2D eigenvalue weighted by atomic mass is 9.76. The monoisotopic (exact) mass is 324 g/mol. The first-order valence-electron chi connectivity index (χ1n) is 6.57. The molecule has 0 aliphatic heterocycles. The number of carbonyl (C=O) groups excluding carboxylic acids is 1. The molecule has 19 heavy (non-hydrogen) atoms. The predicted octanol–water partition coefficient (Wildman–Crippen LogP) is 3.63. The number of nitrogens with one attached hydrogen (secondary N) is 1. The number of hydrogen-bond donors (Lipinski definition) is 1. The second-order valence-corrected chi connectivity index (χ2v) is 5.83. The lowest BCUT2D eigenvalue weighted by Gasteiger charge is -2.35. The normalized spacial score (nSPS) is 26.7. The van der Waals surface area contributed by atoms with Gasteiger partial charge in [-0.2, -0.15) is 5.26 Å². The van der Waals surface area contributed by atoms with Crippen molar-refractivity contribution in [3.63, 3.8) is 0 Å². The molecule has 4 nitrogen and oxygen atoms in total. The maximum atomic E-state index is 12.2. The van der Waals surface area contributed by atoms with Gasteiger partial charge in [0.25, 0.3) is 5.91 Å². The summed E-state index contributed by atoms with van der Waals surface area (Å²) in [7, 11) is 0. The number of furan rings is 1. The summed E-state index contributed by atoms with van der Waals surface area (Å²) in [5.41, 5.74) is -0.285. The van der Waals surface area contributed by atoms with Gasteiger partial charge in [-0.15, -0.1) is 0 Å². The fourth-order valence-electron chi connectivity index (χ4n) is 2.58. The van der Waals surface area contributed by atoms with E-state index >= 15 is 0 Å². The van der Waals surface area contributed by atoms with E-state index in [1.54, 1.807) is 6.07 Å². The summed E-state index contributed by atoms with van der Waals surface area (Å²) in [6.07, 6.45) is 6.04. The van der Waals surface area contributed by atoms with Crippen molar-refractivity contribution in [3.8, 4) is 6.07 Å². The third-order valence-electron chi connectivity index (χ3n) is 3.97. The minimum absolute atomic E-state index is 0.253.